The maximum atomic E-state index is 13.6. The number of carbonyl (C=O) groups is 2. The maximum Gasteiger partial charge on any atom is 0.301 e. The Balaban J connectivity index is 1.51. The van der Waals surface area contributed by atoms with Crippen LogP contribution in [0.2, 0.25) is 0 Å². The fourth-order valence-corrected chi connectivity index (χ4v) is 6.57. The monoisotopic (exact) mass is 629 g/mol. The first kappa shape index (κ1) is 31.3. The minimum atomic E-state index is -0.932. The first-order valence-electron chi connectivity index (χ1n) is 14.5. The van der Waals surface area contributed by atoms with Crippen molar-refractivity contribution in [2.75, 3.05) is 18.1 Å². The molecule has 10 heteroatoms. The van der Waals surface area contributed by atoms with Gasteiger partial charge in [-0.1, -0.05) is 78.9 Å². The van der Waals surface area contributed by atoms with Crippen LogP contribution in [0, 0.1) is 12.8 Å². The number of aliphatic hydroxyl groups excluding tert-OH is 1. The second-order valence-corrected chi connectivity index (χ2v) is 13.0. The number of nitrogens with zero attached hydrogens (tertiary/aromatic N) is 3. The number of benzene rings is 3. The summed E-state index contributed by atoms with van der Waals surface area (Å²) in [5, 5.41) is 20.4. The van der Waals surface area contributed by atoms with Gasteiger partial charge in [0.15, 0.2) is 4.34 Å². The number of Topliss-reactive ketones (excluding diaryl/α,β-unsaturated/α-hetero) is 1. The Kier molecular flexibility index (Phi) is 10.0. The number of hydrogen-bond donors (Lipinski definition) is 1. The molecule has 1 atom stereocenters. The zero-order valence-corrected chi connectivity index (χ0v) is 26.8. The number of aromatic nitrogens is 2. The molecular weight excluding hydrogens is 595 g/mol. The molecule has 4 aromatic rings. The molecule has 1 N–H and O–H groups in total. The summed E-state index contributed by atoms with van der Waals surface area (Å²) >= 11 is 2.75. The van der Waals surface area contributed by atoms with Crippen LogP contribution in [-0.4, -0.2) is 40.2 Å². The van der Waals surface area contributed by atoms with E-state index in [2.05, 4.69) is 48.3 Å². The number of amides is 1. The van der Waals surface area contributed by atoms with E-state index in [-0.39, 0.29) is 16.5 Å². The summed E-state index contributed by atoms with van der Waals surface area (Å²) in [7, 11) is 0. The van der Waals surface area contributed by atoms with Crippen LogP contribution in [0.1, 0.15) is 55.5 Å². The molecule has 0 radical (unpaired) electrons. The van der Waals surface area contributed by atoms with Gasteiger partial charge in [-0.3, -0.25) is 14.5 Å². The minimum Gasteiger partial charge on any atom is -0.507 e. The highest BCUT2D eigenvalue weighted by Crippen LogP contribution is 2.44. The molecule has 1 aliphatic rings. The lowest BCUT2D eigenvalue weighted by atomic mass is 9.95. The topological polar surface area (TPSA) is 102 Å². The van der Waals surface area contributed by atoms with E-state index < -0.39 is 17.7 Å². The molecule has 228 valence electrons. The molecule has 0 bridgehead atoms. The minimum absolute atomic E-state index is 0.0254. The first-order chi connectivity index (χ1) is 21.2. The summed E-state index contributed by atoms with van der Waals surface area (Å²) in [6.45, 7) is 9.22. The normalized spacial score (nSPS) is 16.1. The zero-order chi connectivity index (χ0) is 31.2. The van der Waals surface area contributed by atoms with E-state index in [4.69, 9.17) is 9.47 Å². The SMILES string of the molecule is CCOc1ccc(/C(O)=C2\C(=O)C(=O)N(c3nnc(SCc4ccc(C)cc4)s3)C2c2cccc(OCCC(C)C)c2)cc1. The smallest absolute Gasteiger partial charge is 0.301 e. The van der Waals surface area contributed by atoms with Gasteiger partial charge in [0.1, 0.15) is 17.3 Å². The lowest BCUT2D eigenvalue weighted by Crippen LogP contribution is -2.29. The van der Waals surface area contributed by atoms with Gasteiger partial charge in [0.2, 0.25) is 5.13 Å². The molecular formula is C34H35N3O5S2. The van der Waals surface area contributed by atoms with Crippen molar-refractivity contribution >= 4 is 45.7 Å². The Morgan fingerprint density at radius 3 is 2.45 bits per heavy atom. The Morgan fingerprint density at radius 2 is 1.75 bits per heavy atom. The molecule has 0 spiro atoms. The molecule has 0 aliphatic carbocycles. The summed E-state index contributed by atoms with van der Waals surface area (Å²) in [6.07, 6.45) is 0.883. The molecule has 5 rings (SSSR count). The van der Waals surface area contributed by atoms with Crippen molar-refractivity contribution < 1.29 is 24.2 Å². The predicted molar refractivity (Wildman–Crippen MR) is 174 cm³/mol. The van der Waals surface area contributed by atoms with Gasteiger partial charge in [0.25, 0.3) is 5.78 Å². The van der Waals surface area contributed by atoms with Crippen LogP contribution in [0.3, 0.4) is 0 Å². The zero-order valence-electron chi connectivity index (χ0n) is 25.1. The molecule has 44 heavy (non-hydrogen) atoms. The number of aryl methyl sites for hydroxylation is 1. The number of ether oxygens (including phenoxy) is 2. The molecule has 1 aliphatic heterocycles. The molecule has 3 aromatic carbocycles. The molecule has 8 nitrogen and oxygen atoms in total. The molecule has 1 saturated heterocycles. The summed E-state index contributed by atoms with van der Waals surface area (Å²) in [4.78, 5) is 28.6. The predicted octanol–water partition coefficient (Wildman–Crippen LogP) is 7.59. The van der Waals surface area contributed by atoms with E-state index in [0.717, 1.165) is 12.0 Å². The van der Waals surface area contributed by atoms with E-state index in [9.17, 15) is 14.7 Å². The van der Waals surface area contributed by atoms with Crippen molar-refractivity contribution in [1.29, 1.82) is 0 Å². The first-order valence-corrected chi connectivity index (χ1v) is 16.3. The summed E-state index contributed by atoms with van der Waals surface area (Å²) in [6, 6.07) is 21.4. The van der Waals surface area contributed by atoms with Crippen molar-refractivity contribution in [3.05, 3.63) is 101 Å². The molecule has 1 unspecified atom stereocenters. The highest BCUT2D eigenvalue weighted by molar-refractivity contribution is 8.00. The second-order valence-electron chi connectivity index (χ2n) is 10.9. The lowest BCUT2D eigenvalue weighted by Gasteiger charge is -2.23. The average molecular weight is 630 g/mol. The third-order valence-corrected chi connectivity index (χ3v) is 9.23. The molecule has 2 heterocycles. The number of thioether (sulfide) groups is 1. The number of aliphatic hydroxyl groups is 1. The highest BCUT2D eigenvalue weighted by Gasteiger charge is 2.48. The van der Waals surface area contributed by atoms with Crippen LogP contribution >= 0.6 is 23.1 Å². The van der Waals surface area contributed by atoms with Crippen LogP contribution in [0.4, 0.5) is 5.13 Å². The van der Waals surface area contributed by atoms with Crippen LogP contribution in [0.25, 0.3) is 5.76 Å². The third-order valence-electron chi connectivity index (χ3n) is 7.11. The number of anilines is 1. The van der Waals surface area contributed by atoms with Gasteiger partial charge < -0.3 is 14.6 Å². The second kappa shape index (κ2) is 14.1. The molecule has 1 fully saturated rings. The van der Waals surface area contributed by atoms with Crippen molar-refractivity contribution in [1.82, 2.24) is 10.2 Å². The van der Waals surface area contributed by atoms with E-state index in [0.29, 0.717) is 51.9 Å². The van der Waals surface area contributed by atoms with Crippen molar-refractivity contribution in [2.45, 2.75) is 50.3 Å². The van der Waals surface area contributed by atoms with E-state index in [1.807, 2.05) is 38.1 Å². The number of carbonyl (C=O) groups excluding carboxylic acids is 2. The lowest BCUT2D eigenvalue weighted by molar-refractivity contribution is -0.132. The number of rotatable bonds is 12. The van der Waals surface area contributed by atoms with Gasteiger partial charge >= 0.3 is 5.91 Å². The molecule has 0 saturated carbocycles. The Bertz CT molecular complexity index is 1650. The number of hydrogen-bond acceptors (Lipinski definition) is 9. The van der Waals surface area contributed by atoms with Gasteiger partial charge in [-0.25, -0.2) is 0 Å². The van der Waals surface area contributed by atoms with Gasteiger partial charge in [-0.2, -0.15) is 0 Å². The summed E-state index contributed by atoms with van der Waals surface area (Å²) < 4.78 is 12.2. The third kappa shape index (κ3) is 7.14. The Hall–Kier alpha value is -4.15. The average Bonchev–Trinajstić information content (AvgIpc) is 3.59. The van der Waals surface area contributed by atoms with Crippen molar-refractivity contribution in [3.63, 3.8) is 0 Å². The summed E-state index contributed by atoms with van der Waals surface area (Å²) in [5.74, 6) is 0.568. The van der Waals surface area contributed by atoms with Crippen molar-refractivity contribution in [3.8, 4) is 11.5 Å². The van der Waals surface area contributed by atoms with E-state index >= 15 is 0 Å². The maximum absolute atomic E-state index is 13.6. The fourth-order valence-electron chi connectivity index (χ4n) is 4.75. The van der Waals surface area contributed by atoms with Crippen LogP contribution in [-0.2, 0) is 15.3 Å². The number of ketones is 1. The standard InChI is InChI=1S/C34H35N3O5S2/c1-5-41-26-15-13-24(14-16-26)30(38)28-29(25-7-6-8-27(19-25)42-18-17-21(2)3)37(32(40)31(28)39)33-35-36-34(44-33)43-20-23-11-9-22(4)10-12-23/h6-16,19,21,29,38H,5,17-18,20H2,1-4H3/b30-28+. The molecule has 1 aromatic heterocycles. The Morgan fingerprint density at radius 1 is 1.00 bits per heavy atom. The van der Waals surface area contributed by atoms with Crippen molar-refractivity contribution in [2.24, 2.45) is 5.92 Å². The summed E-state index contributed by atoms with van der Waals surface area (Å²) in [5.41, 5.74) is 3.31. The quantitative estimate of drug-likeness (QED) is 0.0562. The molecule has 1 amide bonds. The van der Waals surface area contributed by atoms with E-state index in [1.165, 1.54) is 33.6 Å². The van der Waals surface area contributed by atoms with Gasteiger partial charge in [0.05, 0.1) is 24.8 Å². The Labute approximate surface area is 265 Å². The largest absolute Gasteiger partial charge is 0.507 e. The van der Waals surface area contributed by atoms with Gasteiger partial charge in [-0.05, 0) is 73.7 Å². The van der Waals surface area contributed by atoms with Gasteiger partial charge in [-0.15, -0.1) is 10.2 Å². The fraction of sp³-hybridized carbons (Fsp3) is 0.294. The van der Waals surface area contributed by atoms with Crippen LogP contribution < -0.4 is 14.4 Å². The van der Waals surface area contributed by atoms with Crippen LogP contribution in [0.5, 0.6) is 11.5 Å². The van der Waals surface area contributed by atoms with Crippen LogP contribution in [0.15, 0.2) is 82.7 Å². The highest BCUT2D eigenvalue weighted by atomic mass is 32.2. The van der Waals surface area contributed by atoms with E-state index in [1.54, 1.807) is 24.3 Å². The van der Waals surface area contributed by atoms with Gasteiger partial charge in [0, 0.05) is 11.3 Å².